The van der Waals surface area contributed by atoms with Crippen LogP contribution in [-0.4, -0.2) is 48.1 Å². The Hall–Kier alpha value is -0.980. The summed E-state index contributed by atoms with van der Waals surface area (Å²) in [5.74, 6) is 1.45. The zero-order valence-electron chi connectivity index (χ0n) is 13.4. The van der Waals surface area contributed by atoms with E-state index in [4.69, 9.17) is 4.74 Å². The van der Waals surface area contributed by atoms with E-state index < -0.39 is 0 Å². The fourth-order valence-corrected chi connectivity index (χ4v) is 4.42. The fraction of sp³-hybridized carbons (Fsp3) is 0.765. The first-order chi connectivity index (χ1) is 11.3. The van der Waals surface area contributed by atoms with Gasteiger partial charge in [0.15, 0.2) is 0 Å². The highest BCUT2D eigenvalue weighted by Gasteiger charge is 2.38. The Morgan fingerprint density at radius 3 is 3.13 bits per heavy atom. The molecule has 2 aliphatic heterocycles. The lowest BCUT2D eigenvalue weighted by molar-refractivity contribution is -0.139. The van der Waals surface area contributed by atoms with Gasteiger partial charge < -0.3 is 10.1 Å². The van der Waals surface area contributed by atoms with E-state index in [2.05, 4.69) is 15.2 Å². The molecule has 0 spiro atoms. The van der Waals surface area contributed by atoms with E-state index in [1.807, 2.05) is 11.6 Å². The number of likely N-dealkylation sites (tertiary alicyclic amines) is 1. The molecule has 0 unspecified atom stereocenters. The summed E-state index contributed by atoms with van der Waals surface area (Å²) in [7, 11) is 0. The SMILES string of the molecule is O=C(NCC1CC1)[C@H]1CO[C@H]2CCN(Cc3nccs3)C[C@H]2C1. The van der Waals surface area contributed by atoms with E-state index in [0.29, 0.717) is 18.6 Å². The summed E-state index contributed by atoms with van der Waals surface area (Å²) in [6.07, 6.45) is 6.81. The van der Waals surface area contributed by atoms with Gasteiger partial charge in [0.05, 0.1) is 25.2 Å². The van der Waals surface area contributed by atoms with Gasteiger partial charge in [0.2, 0.25) is 5.91 Å². The molecular weight excluding hydrogens is 310 g/mol. The Labute approximate surface area is 141 Å². The van der Waals surface area contributed by atoms with Crippen LogP contribution in [0.3, 0.4) is 0 Å². The zero-order valence-corrected chi connectivity index (χ0v) is 14.3. The fourth-order valence-electron chi connectivity index (χ4n) is 3.76. The molecule has 0 aromatic carbocycles. The third-order valence-electron chi connectivity index (χ3n) is 5.32. The van der Waals surface area contributed by atoms with Crippen molar-refractivity contribution >= 4 is 17.2 Å². The minimum Gasteiger partial charge on any atom is -0.377 e. The highest BCUT2D eigenvalue weighted by Crippen LogP contribution is 2.32. The number of hydrogen-bond acceptors (Lipinski definition) is 5. The van der Waals surface area contributed by atoms with Crippen molar-refractivity contribution in [2.75, 3.05) is 26.2 Å². The molecule has 23 heavy (non-hydrogen) atoms. The Bertz CT molecular complexity index is 532. The summed E-state index contributed by atoms with van der Waals surface area (Å²) >= 11 is 1.72. The summed E-state index contributed by atoms with van der Waals surface area (Å²) in [4.78, 5) is 19.2. The van der Waals surface area contributed by atoms with Gasteiger partial charge >= 0.3 is 0 Å². The molecule has 0 radical (unpaired) electrons. The lowest BCUT2D eigenvalue weighted by Gasteiger charge is -2.42. The maximum absolute atomic E-state index is 12.3. The van der Waals surface area contributed by atoms with Crippen molar-refractivity contribution < 1.29 is 9.53 Å². The summed E-state index contributed by atoms with van der Waals surface area (Å²) < 4.78 is 6.02. The number of nitrogens with zero attached hydrogens (tertiary/aromatic N) is 2. The highest BCUT2D eigenvalue weighted by molar-refractivity contribution is 7.09. The van der Waals surface area contributed by atoms with Crippen molar-refractivity contribution in [1.82, 2.24) is 15.2 Å². The molecule has 3 fully saturated rings. The van der Waals surface area contributed by atoms with Crippen LogP contribution in [0.5, 0.6) is 0 Å². The van der Waals surface area contributed by atoms with Crippen LogP contribution in [0.25, 0.3) is 0 Å². The number of amides is 1. The average Bonchev–Trinajstić information content (AvgIpc) is 3.27. The minimum atomic E-state index is 0.0369. The van der Waals surface area contributed by atoms with Crippen LogP contribution in [0.15, 0.2) is 11.6 Å². The predicted octanol–water partition coefficient (Wildman–Crippen LogP) is 1.90. The molecule has 2 saturated heterocycles. The molecule has 3 atom stereocenters. The average molecular weight is 335 g/mol. The smallest absolute Gasteiger partial charge is 0.225 e. The number of thiazole rings is 1. The second-order valence-corrected chi connectivity index (χ2v) is 8.18. The molecule has 1 saturated carbocycles. The summed E-state index contributed by atoms with van der Waals surface area (Å²) in [6.45, 7) is 4.49. The van der Waals surface area contributed by atoms with Gasteiger partial charge in [-0.15, -0.1) is 11.3 Å². The summed E-state index contributed by atoms with van der Waals surface area (Å²) in [5.41, 5.74) is 0. The number of carbonyl (C=O) groups excluding carboxylic acids is 1. The molecule has 1 N–H and O–H groups in total. The quantitative estimate of drug-likeness (QED) is 0.893. The highest BCUT2D eigenvalue weighted by atomic mass is 32.1. The van der Waals surface area contributed by atoms with Crippen molar-refractivity contribution in [2.45, 2.75) is 38.3 Å². The number of aromatic nitrogens is 1. The number of rotatable bonds is 5. The van der Waals surface area contributed by atoms with Crippen LogP contribution in [0.1, 0.15) is 30.7 Å². The standard InChI is InChI=1S/C17H25N3O2S/c21-17(19-8-12-1-2-12)14-7-13-9-20(5-3-15(13)22-11-14)10-16-18-4-6-23-16/h4,6,12-15H,1-3,5,7-11H2,(H,19,21)/t13-,14-,15+/m1/s1. The molecule has 3 heterocycles. The molecule has 0 bridgehead atoms. The Morgan fingerprint density at radius 2 is 2.35 bits per heavy atom. The van der Waals surface area contributed by atoms with Crippen LogP contribution in [0.4, 0.5) is 0 Å². The van der Waals surface area contributed by atoms with Gasteiger partial charge in [-0.2, -0.15) is 0 Å². The zero-order chi connectivity index (χ0) is 15.6. The maximum Gasteiger partial charge on any atom is 0.225 e. The number of piperidine rings is 1. The molecule has 6 heteroatoms. The number of ether oxygens (including phenoxy) is 1. The lowest BCUT2D eigenvalue weighted by atomic mass is 9.83. The van der Waals surface area contributed by atoms with Crippen molar-refractivity contribution in [1.29, 1.82) is 0 Å². The second-order valence-electron chi connectivity index (χ2n) is 7.20. The minimum absolute atomic E-state index is 0.0369. The molecule has 1 aromatic heterocycles. The van der Waals surface area contributed by atoms with Crippen LogP contribution in [0, 0.1) is 17.8 Å². The summed E-state index contributed by atoms with van der Waals surface area (Å²) in [5, 5.41) is 6.33. The molecule has 1 amide bonds. The van der Waals surface area contributed by atoms with Crippen molar-refractivity contribution in [2.24, 2.45) is 17.8 Å². The van der Waals surface area contributed by atoms with Gasteiger partial charge in [-0.1, -0.05) is 0 Å². The third kappa shape index (κ3) is 3.92. The van der Waals surface area contributed by atoms with Gasteiger partial charge in [0.1, 0.15) is 5.01 Å². The molecule has 1 aromatic rings. The van der Waals surface area contributed by atoms with E-state index in [1.54, 1.807) is 11.3 Å². The lowest BCUT2D eigenvalue weighted by Crippen LogP contribution is -2.50. The normalized spacial score (nSPS) is 31.6. The maximum atomic E-state index is 12.3. The van der Waals surface area contributed by atoms with Gasteiger partial charge in [0, 0.05) is 31.2 Å². The largest absolute Gasteiger partial charge is 0.377 e. The molecule has 3 aliphatic rings. The predicted molar refractivity (Wildman–Crippen MR) is 89.1 cm³/mol. The van der Waals surface area contributed by atoms with Gasteiger partial charge in [0.25, 0.3) is 0 Å². The Kier molecular flexibility index (Phi) is 4.64. The van der Waals surface area contributed by atoms with Crippen molar-refractivity contribution in [3.8, 4) is 0 Å². The van der Waals surface area contributed by atoms with Gasteiger partial charge in [-0.05, 0) is 37.5 Å². The monoisotopic (exact) mass is 335 g/mol. The Balaban J connectivity index is 1.29. The first kappa shape index (κ1) is 15.5. The van der Waals surface area contributed by atoms with Crippen LogP contribution in [-0.2, 0) is 16.1 Å². The van der Waals surface area contributed by atoms with Gasteiger partial charge in [-0.3, -0.25) is 9.69 Å². The van der Waals surface area contributed by atoms with Gasteiger partial charge in [-0.25, -0.2) is 4.98 Å². The van der Waals surface area contributed by atoms with Crippen LogP contribution >= 0.6 is 11.3 Å². The van der Waals surface area contributed by atoms with E-state index >= 15 is 0 Å². The van der Waals surface area contributed by atoms with Crippen LogP contribution in [0.2, 0.25) is 0 Å². The topological polar surface area (TPSA) is 54.5 Å². The first-order valence-electron chi connectivity index (χ1n) is 8.78. The van der Waals surface area contributed by atoms with E-state index in [-0.39, 0.29) is 11.8 Å². The number of carbonyl (C=O) groups is 1. The van der Waals surface area contributed by atoms with Crippen LogP contribution < -0.4 is 5.32 Å². The van der Waals surface area contributed by atoms with E-state index in [1.165, 1.54) is 17.8 Å². The number of nitrogens with one attached hydrogen (secondary N) is 1. The number of hydrogen-bond donors (Lipinski definition) is 1. The molecule has 1 aliphatic carbocycles. The summed E-state index contributed by atoms with van der Waals surface area (Å²) in [6, 6.07) is 0. The Morgan fingerprint density at radius 1 is 1.43 bits per heavy atom. The first-order valence-corrected chi connectivity index (χ1v) is 9.66. The molecule has 4 rings (SSSR count). The van der Waals surface area contributed by atoms with Crippen molar-refractivity contribution in [3.63, 3.8) is 0 Å². The molecular formula is C17H25N3O2S. The van der Waals surface area contributed by atoms with E-state index in [9.17, 15) is 4.79 Å². The van der Waals surface area contributed by atoms with Crippen molar-refractivity contribution in [3.05, 3.63) is 16.6 Å². The molecule has 5 nitrogen and oxygen atoms in total. The van der Waals surface area contributed by atoms with E-state index in [0.717, 1.165) is 44.9 Å². The molecule has 126 valence electrons. The third-order valence-corrected chi connectivity index (χ3v) is 6.09. The second kappa shape index (κ2) is 6.87. The number of fused-ring (bicyclic) bond motifs is 1.